The molecule has 0 aliphatic rings. The second kappa shape index (κ2) is 6.32. The Kier molecular flexibility index (Phi) is 6.19. The summed E-state index contributed by atoms with van der Waals surface area (Å²) in [6.45, 7) is 1.95. The Labute approximate surface area is 88.0 Å². The van der Waals surface area contributed by atoms with Crippen molar-refractivity contribution in [2.24, 2.45) is 0 Å². The standard InChI is InChI=1S/C8H16F3NO2S/c1-2-15(13,14)7-6-12-5-3-4-8(9,10)11/h12H,2-7H2,1H3. The van der Waals surface area contributed by atoms with Gasteiger partial charge in [0.05, 0.1) is 5.75 Å². The number of rotatable bonds is 7. The number of sulfone groups is 1. The van der Waals surface area contributed by atoms with Crippen molar-refractivity contribution in [3.8, 4) is 0 Å². The lowest BCUT2D eigenvalue weighted by molar-refractivity contribution is -0.135. The van der Waals surface area contributed by atoms with Crippen LogP contribution in [0.15, 0.2) is 0 Å². The van der Waals surface area contributed by atoms with Gasteiger partial charge in [-0.2, -0.15) is 13.2 Å². The lowest BCUT2D eigenvalue weighted by atomic mass is 10.3. The molecular weight excluding hydrogens is 231 g/mol. The highest BCUT2D eigenvalue weighted by Crippen LogP contribution is 2.20. The second-order valence-electron chi connectivity index (χ2n) is 3.21. The van der Waals surface area contributed by atoms with Gasteiger partial charge in [0.25, 0.3) is 0 Å². The quantitative estimate of drug-likeness (QED) is 0.691. The summed E-state index contributed by atoms with van der Waals surface area (Å²) < 4.78 is 57.0. The van der Waals surface area contributed by atoms with Crippen LogP contribution in [0, 0.1) is 0 Å². The van der Waals surface area contributed by atoms with Gasteiger partial charge >= 0.3 is 6.18 Å². The Bertz CT molecular complexity index is 262. The van der Waals surface area contributed by atoms with Crippen LogP contribution in [0.2, 0.25) is 0 Å². The van der Waals surface area contributed by atoms with Gasteiger partial charge in [-0.1, -0.05) is 6.92 Å². The Morgan fingerprint density at radius 1 is 1.20 bits per heavy atom. The summed E-state index contributed by atoms with van der Waals surface area (Å²) >= 11 is 0. The fraction of sp³-hybridized carbons (Fsp3) is 1.00. The maximum absolute atomic E-state index is 11.7. The zero-order chi connectivity index (χ0) is 11.9. The third-order valence-corrected chi connectivity index (χ3v) is 3.55. The number of nitrogens with one attached hydrogen (secondary N) is 1. The summed E-state index contributed by atoms with van der Waals surface area (Å²) in [4.78, 5) is 0. The van der Waals surface area contributed by atoms with Gasteiger partial charge in [-0.25, -0.2) is 8.42 Å². The molecule has 0 atom stereocenters. The molecule has 0 aromatic rings. The first-order chi connectivity index (χ1) is 6.77. The van der Waals surface area contributed by atoms with E-state index in [4.69, 9.17) is 0 Å². The van der Waals surface area contributed by atoms with Crippen molar-refractivity contribution in [2.75, 3.05) is 24.6 Å². The van der Waals surface area contributed by atoms with Crippen LogP contribution >= 0.6 is 0 Å². The summed E-state index contributed by atoms with van der Waals surface area (Å²) in [5.41, 5.74) is 0. The molecule has 0 heterocycles. The minimum atomic E-state index is -4.13. The molecule has 0 amide bonds. The first-order valence-corrected chi connectivity index (χ1v) is 6.57. The number of halogens is 3. The van der Waals surface area contributed by atoms with Crippen LogP contribution in [0.4, 0.5) is 13.2 Å². The van der Waals surface area contributed by atoms with Gasteiger partial charge in [-0.3, -0.25) is 0 Å². The molecule has 0 unspecified atom stereocenters. The Morgan fingerprint density at radius 2 is 1.80 bits per heavy atom. The molecule has 1 N–H and O–H groups in total. The van der Waals surface area contributed by atoms with Gasteiger partial charge in [0.2, 0.25) is 0 Å². The van der Waals surface area contributed by atoms with E-state index in [9.17, 15) is 21.6 Å². The van der Waals surface area contributed by atoms with Crippen molar-refractivity contribution < 1.29 is 21.6 Å². The topological polar surface area (TPSA) is 46.2 Å². The molecule has 0 radical (unpaired) electrons. The fourth-order valence-electron chi connectivity index (χ4n) is 0.911. The summed E-state index contributed by atoms with van der Waals surface area (Å²) in [7, 11) is -3.02. The highest BCUT2D eigenvalue weighted by Gasteiger charge is 2.25. The summed E-state index contributed by atoms with van der Waals surface area (Å²) in [5, 5.41) is 2.67. The molecule has 0 aliphatic heterocycles. The zero-order valence-electron chi connectivity index (χ0n) is 8.60. The number of hydrogen-bond acceptors (Lipinski definition) is 3. The molecule has 0 spiro atoms. The Balaban J connectivity index is 3.42. The van der Waals surface area contributed by atoms with Gasteiger partial charge < -0.3 is 5.32 Å². The Morgan fingerprint density at radius 3 is 2.27 bits per heavy atom. The molecular formula is C8H16F3NO2S. The van der Waals surface area contributed by atoms with Crippen LogP contribution in [-0.2, 0) is 9.84 Å². The van der Waals surface area contributed by atoms with E-state index in [1.165, 1.54) is 0 Å². The zero-order valence-corrected chi connectivity index (χ0v) is 9.42. The smallest absolute Gasteiger partial charge is 0.316 e. The first kappa shape index (κ1) is 14.7. The van der Waals surface area contributed by atoms with E-state index in [-0.39, 0.29) is 31.0 Å². The van der Waals surface area contributed by atoms with E-state index >= 15 is 0 Å². The van der Waals surface area contributed by atoms with Gasteiger partial charge in [-0.05, 0) is 13.0 Å². The van der Waals surface area contributed by atoms with Crippen molar-refractivity contribution in [2.45, 2.75) is 25.9 Å². The van der Waals surface area contributed by atoms with Crippen LogP contribution in [0.5, 0.6) is 0 Å². The highest BCUT2D eigenvalue weighted by molar-refractivity contribution is 7.91. The largest absolute Gasteiger partial charge is 0.389 e. The molecule has 0 saturated carbocycles. The van der Waals surface area contributed by atoms with E-state index in [1.807, 2.05) is 0 Å². The van der Waals surface area contributed by atoms with Crippen LogP contribution in [0.1, 0.15) is 19.8 Å². The molecule has 0 saturated heterocycles. The molecule has 15 heavy (non-hydrogen) atoms. The molecule has 0 aromatic heterocycles. The summed E-state index contributed by atoms with van der Waals surface area (Å²) in [5.74, 6) is 0.0484. The van der Waals surface area contributed by atoms with Crippen LogP contribution in [0.25, 0.3) is 0 Å². The van der Waals surface area contributed by atoms with E-state index in [0.29, 0.717) is 0 Å². The van der Waals surface area contributed by atoms with Gasteiger partial charge in [0.15, 0.2) is 9.84 Å². The molecule has 0 rings (SSSR count). The predicted octanol–water partition coefficient (Wildman–Crippen LogP) is 1.35. The Hall–Kier alpha value is -0.300. The maximum atomic E-state index is 11.7. The lowest BCUT2D eigenvalue weighted by Gasteiger charge is -2.07. The minimum absolute atomic E-state index is 0.0182. The van der Waals surface area contributed by atoms with E-state index < -0.39 is 22.4 Å². The van der Waals surface area contributed by atoms with Gasteiger partial charge in [0, 0.05) is 18.7 Å². The molecule has 0 fully saturated rings. The molecule has 92 valence electrons. The normalized spacial score (nSPS) is 13.1. The number of alkyl halides is 3. The van der Waals surface area contributed by atoms with Crippen molar-refractivity contribution >= 4 is 9.84 Å². The monoisotopic (exact) mass is 247 g/mol. The SMILES string of the molecule is CCS(=O)(=O)CCNCCCC(F)(F)F. The average molecular weight is 247 g/mol. The van der Waals surface area contributed by atoms with Gasteiger partial charge in [0.1, 0.15) is 0 Å². The van der Waals surface area contributed by atoms with Crippen molar-refractivity contribution in [3.05, 3.63) is 0 Å². The maximum Gasteiger partial charge on any atom is 0.389 e. The van der Waals surface area contributed by atoms with E-state index in [2.05, 4.69) is 5.32 Å². The predicted molar refractivity (Wildman–Crippen MR) is 52.5 cm³/mol. The molecule has 0 aliphatic carbocycles. The lowest BCUT2D eigenvalue weighted by Crippen LogP contribution is -2.25. The molecule has 0 bridgehead atoms. The summed E-state index contributed by atoms with van der Waals surface area (Å²) in [6.07, 6.45) is -4.98. The van der Waals surface area contributed by atoms with Crippen LogP contribution in [0.3, 0.4) is 0 Å². The highest BCUT2D eigenvalue weighted by atomic mass is 32.2. The van der Waals surface area contributed by atoms with Crippen LogP contribution in [-0.4, -0.2) is 39.2 Å². The third kappa shape index (κ3) is 9.99. The first-order valence-electron chi connectivity index (χ1n) is 4.75. The van der Waals surface area contributed by atoms with Gasteiger partial charge in [-0.15, -0.1) is 0 Å². The van der Waals surface area contributed by atoms with Crippen molar-refractivity contribution in [1.82, 2.24) is 5.32 Å². The molecule has 7 heteroatoms. The average Bonchev–Trinajstić information content (AvgIpc) is 2.09. The minimum Gasteiger partial charge on any atom is -0.316 e. The van der Waals surface area contributed by atoms with Crippen LogP contribution < -0.4 is 5.32 Å². The second-order valence-corrected chi connectivity index (χ2v) is 5.68. The molecule has 0 aromatic carbocycles. The number of hydrogen-bond donors (Lipinski definition) is 1. The molecule has 3 nitrogen and oxygen atoms in total. The third-order valence-electron chi connectivity index (χ3n) is 1.84. The fourth-order valence-corrected chi connectivity index (χ4v) is 1.65. The van der Waals surface area contributed by atoms with E-state index in [0.717, 1.165) is 0 Å². The van der Waals surface area contributed by atoms with E-state index in [1.54, 1.807) is 6.92 Å². The van der Waals surface area contributed by atoms with Crippen molar-refractivity contribution in [1.29, 1.82) is 0 Å². The van der Waals surface area contributed by atoms with Crippen molar-refractivity contribution in [3.63, 3.8) is 0 Å². The summed E-state index contributed by atoms with van der Waals surface area (Å²) in [6, 6.07) is 0.